The molecule has 0 aliphatic heterocycles. The molecule has 2 heterocycles. The Bertz CT molecular complexity index is 558. The summed E-state index contributed by atoms with van der Waals surface area (Å²) < 4.78 is 40.3. The molecule has 0 saturated carbocycles. The molecule has 2 aromatic heterocycles. The Morgan fingerprint density at radius 2 is 1.94 bits per heavy atom. The predicted octanol–water partition coefficient (Wildman–Crippen LogP) is 4.24. The van der Waals surface area contributed by atoms with E-state index in [9.17, 15) is 13.2 Å². The molecule has 0 aromatic carbocycles. The first kappa shape index (κ1) is 12.4. The number of nitrogens with zero attached hydrogens (tertiary/aromatic N) is 2. The number of hydrogen-bond acceptors (Lipinski definition) is 1. The first-order valence-electron chi connectivity index (χ1n) is 5.04. The third-order valence-corrected chi connectivity index (χ3v) is 2.87. The Hall–Kier alpha value is -1.04. The van der Waals surface area contributed by atoms with Gasteiger partial charge in [-0.2, -0.15) is 13.2 Å². The molecule has 92 valence electrons. The highest BCUT2D eigenvalue weighted by molar-refractivity contribution is 9.10. The number of imidazole rings is 1. The van der Waals surface area contributed by atoms with Crippen molar-refractivity contribution in [3.63, 3.8) is 0 Å². The van der Waals surface area contributed by atoms with Crippen molar-refractivity contribution in [3.05, 3.63) is 34.2 Å². The highest BCUT2D eigenvalue weighted by atomic mass is 79.9. The Kier molecular flexibility index (Phi) is 2.93. The van der Waals surface area contributed by atoms with Crippen LogP contribution in [0, 0.1) is 0 Å². The van der Waals surface area contributed by atoms with Gasteiger partial charge in [0.05, 0.1) is 11.3 Å². The molecule has 0 aliphatic rings. The standard InChI is InChI=1S/C11H10BrF3N2/c1-6(2)9-5-17-4-7(12)3-8(10(17)16-9)11(13,14)15/h3-6H,1-2H3. The minimum absolute atomic E-state index is 0.0515. The van der Waals surface area contributed by atoms with Crippen LogP contribution in [-0.4, -0.2) is 9.38 Å². The lowest BCUT2D eigenvalue weighted by Crippen LogP contribution is -2.07. The van der Waals surface area contributed by atoms with Crippen LogP contribution in [0.2, 0.25) is 0 Å². The average molecular weight is 307 g/mol. The Labute approximate surface area is 105 Å². The van der Waals surface area contributed by atoms with Gasteiger partial charge in [0.25, 0.3) is 0 Å². The number of aromatic nitrogens is 2. The molecule has 2 aromatic rings. The number of halogens is 4. The SMILES string of the molecule is CC(C)c1cn2cc(Br)cc(C(F)(F)F)c2n1. The van der Waals surface area contributed by atoms with Crippen LogP contribution in [0.1, 0.15) is 31.0 Å². The van der Waals surface area contributed by atoms with Gasteiger partial charge >= 0.3 is 6.18 Å². The van der Waals surface area contributed by atoms with Crippen LogP contribution in [0.3, 0.4) is 0 Å². The number of pyridine rings is 1. The van der Waals surface area contributed by atoms with E-state index < -0.39 is 11.7 Å². The third kappa shape index (κ3) is 2.31. The van der Waals surface area contributed by atoms with Gasteiger partial charge in [-0.3, -0.25) is 0 Å². The summed E-state index contributed by atoms with van der Waals surface area (Å²) in [6, 6.07) is 1.05. The van der Waals surface area contributed by atoms with E-state index in [0.717, 1.165) is 6.07 Å². The van der Waals surface area contributed by atoms with Crippen LogP contribution in [0.25, 0.3) is 5.65 Å². The van der Waals surface area contributed by atoms with Gasteiger partial charge < -0.3 is 4.40 Å². The number of hydrogen-bond donors (Lipinski definition) is 0. The molecule has 0 amide bonds. The van der Waals surface area contributed by atoms with Crippen molar-refractivity contribution in [2.45, 2.75) is 25.9 Å². The molecule has 0 N–H and O–H groups in total. The molecule has 0 spiro atoms. The van der Waals surface area contributed by atoms with Crippen LogP contribution < -0.4 is 0 Å². The molecule has 0 aliphatic carbocycles. The van der Waals surface area contributed by atoms with E-state index in [1.807, 2.05) is 13.8 Å². The van der Waals surface area contributed by atoms with E-state index in [4.69, 9.17) is 0 Å². The topological polar surface area (TPSA) is 17.3 Å². The number of alkyl halides is 3. The molecular formula is C11H10BrF3N2. The molecule has 17 heavy (non-hydrogen) atoms. The molecule has 0 fully saturated rings. The van der Waals surface area contributed by atoms with Gasteiger partial charge in [-0.1, -0.05) is 13.8 Å². The zero-order valence-corrected chi connectivity index (χ0v) is 10.8. The van der Waals surface area contributed by atoms with Gasteiger partial charge in [0.2, 0.25) is 0 Å². The van der Waals surface area contributed by atoms with E-state index in [1.165, 1.54) is 4.40 Å². The molecule has 0 bridgehead atoms. The van der Waals surface area contributed by atoms with Crippen LogP contribution in [-0.2, 0) is 6.18 Å². The zero-order valence-electron chi connectivity index (χ0n) is 9.22. The number of fused-ring (bicyclic) bond motifs is 1. The van der Waals surface area contributed by atoms with E-state index in [-0.39, 0.29) is 11.6 Å². The summed E-state index contributed by atoms with van der Waals surface area (Å²) in [5, 5.41) is 0. The first-order valence-corrected chi connectivity index (χ1v) is 5.83. The fraction of sp³-hybridized carbons (Fsp3) is 0.364. The fourth-order valence-corrected chi connectivity index (χ4v) is 2.02. The van der Waals surface area contributed by atoms with Crippen LogP contribution in [0.15, 0.2) is 22.9 Å². The lowest BCUT2D eigenvalue weighted by Gasteiger charge is -2.08. The summed E-state index contributed by atoms with van der Waals surface area (Å²) in [4.78, 5) is 4.04. The van der Waals surface area contributed by atoms with Crippen molar-refractivity contribution in [1.82, 2.24) is 9.38 Å². The monoisotopic (exact) mass is 306 g/mol. The second-order valence-corrected chi connectivity index (χ2v) is 5.04. The minimum atomic E-state index is -4.40. The van der Waals surface area contributed by atoms with Crippen molar-refractivity contribution in [2.75, 3.05) is 0 Å². The fourth-order valence-electron chi connectivity index (χ4n) is 1.57. The third-order valence-electron chi connectivity index (χ3n) is 2.43. The molecule has 0 radical (unpaired) electrons. The summed E-state index contributed by atoms with van der Waals surface area (Å²) >= 11 is 3.07. The van der Waals surface area contributed by atoms with Gasteiger partial charge in [0, 0.05) is 16.9 Å². The smallest absolute Gasteiger partial charge is 0.305 e. The number of rotatable bonds is 1. The molecule has 0 atom stereocenters. The van der Waals surface area contributed by atoms with E-state index in [0.29, 0.717) is 10.2 Å². The second-order valence-electron chi connectivity index (χ2n) is 4.12. The molecular weight excluding hydrogens is 297 g/mol. The maximum atomic E-state index is 12.8. The normalized spacial score (nSPS) is 12.6. The molecule has 2 rings (SSSR count). The van der Waals surface area contributed by atoms with Gasteiger partial charge in [-0.15, -0.1) is 0 Å². The molecule has 2 nitrogen and oxygen atoms in total. The average Bonchev–Trinajstić information content (AvgIpc) is 2.58. The minimum Gasteiger partial charge on any atom is -0.305 e. The van der Waals surface area contributed by atoms with Gasteiger partial charge in [-0.25, -0.2) is 4.98 Å². The van der Waals surface area contributed by atoms with Gasteiger partial charge in [-0.05, 0) is 27.9 Å². The van der Waals surface area contributed by atoms with E-state index >= 15 is 0 Å². The Morgan fingerprint density at radius 3 is 2.47 bits per heavy atom. The quantitative estimate of drug-likeness (QED) is 0.770. The summed E-state index contributed by atoms with van der Waals surface area (Å²) in [7, 11) is 0. The van der Waals surface area contributed by atoms with Crippen LogP contribution in [0.5, 0.6) is 0 Å². The maximum absolute atomic E-state index is 12.8. The van der Waals surface area contributed by atoms with Crippen molar-refractivity contribution in [1.29, 1.82) is 0 Å². The largest absolute Gasteiger partial charge is 0.420 e. The predicted molar refractivity (Wildman–Crippen MR) is 62.0 cm³/mol. The first-order chi connectivity index (χ1) is 7.79. The maximum Gasteiger partial charge on any atom is 0.420 e. The van der Waals surface area contributed by atoms with Crippen molar-refractivity contribution >= 4 is 21.6 Å². The van der Waals surface area contributed by atoms with Gasteiger partial charge in [0.1, 0.15) is 5.65 Å². The van der Waals surface area contributed by atoms with Crippen molar-refractivity contribution in [2.24, 2.45) is 0 Å². The Balaban J connectivity index is 2.75. The Morgan fingerprint density at radius 1 is 1.29 bits per heavy atom. The molecule has 0 saturated heterocycles. The second kappa shape index (κ2) is 4.01. The summed E-state index contributed by atoms with van der Waals surface area (Å²) in [6.45, 7) is 3.79. The summed E-state index contributed by atoms with van der Waals surface area (Å²) in [5.41, 5.74) is -0.128. The van der Waals surface area contributed by atoms with E-state index in [1.54, 1.807) is 12.4 Å². The summed E-state index contributed by atoms with van der Waals surface area (Å²) in [5.74, 6) is 0.0924. The van der Waals surface area contributed by atoms with Crippen molar-refractivity contribution < 1.29 is 13.2 Å². The zero-order chi connectivity index (χ0) is 12.8. The van der Waals surface area contributed by atoms with Gasteiger partial charge in [0.15, 0.2) is 0 Å². The highest BCUT2D eigenvalue weighted by Crippen LogP contribution is 2.34. The summed E-state index contributed by atoms with van der Waals surface area (Å²) in [6.07, 6.45) is -1.20. The lowest BCUT2D eigenvalue weighted by molar-refractivity contribution is -0.136. The highest BCUT2D eigenvalue weighted by Gasteiger charge is 2.34. The molecule has 0 unspecified atom stereocenters. The van der Waals surface area contributed by atoms with Crippen LogP contribution >= 0.6 is 15.9 Å². The lowest BCUT2D eigenvalue weighted by atomic mass is 10.2. The molecule has 6 heteroatoms. The van der Waals surface area contributed by atoms with Crippen molar-refractivity contribution in [3.8, 4) is 0 Å². The van der Waals surface area contributed by atoms with E-state index in [2.05, 4.69) is 20.9 Å². The van der Waals surface area contributed by atoms with Crippen LogP contribution in [0.4, 0.5) is 13.2 Å².